The molecule has 0 radical (unpaired) electrons. The molecule has 0 aliphatic rings. The van der Waals surface area contributed by atoms with Crippen LogP contribution in [-0.2, 0) is 0 Å². The average Bonchev–Trinajstić information content (AvgIpc) is 2.34. The Labute approximate surface area is 107 Å². The van der Waals surface area contributed by atoms with Crippen molar-refractivity contribution in [3.05, 3.63) is 23.8 Å². The molecule has 1 unspecified atom stereocenters. The van der Waals surface area contributed by atoms with Crippen LogP contribution in [0.5, 0.6) is 5.75 Å². The van der Waals surface area contributed by atoms with E-state index >= 15 is 0 Å². The molecule has 1 rings (SSSR count). The van der Waals surface area contributed by atoms with Crippen molar-refractivity contribution in [3.63, 3.8) is 0 Å². The van der Waals surface area contributed by atoms with Crippen molar-refractivity contribution in [3.8, 4) is 5.75 Å². The maximum atomic E-state index is 12.0. The van der Waals surface area contributed by atoms with Gasteiger partial charge in [0.1, 0.15) is 5.75 Å². The number of hydrogen-bond donors (Lipinski definition) is 3. The summed E-state index contributed by atoms with van der Waals surface area (Å²) in [4.78, 5) is 11.5. The number of rotatable bonds is 4. The first kappa shape index (κ1) is 15.1. The third-order valence-corrected chi connectivity index (χ3v) is 2.33. The highest BCUT2D eigenvalue weighted by atomic mass is 19.4. The summed E-state index contributed by atoms with van der Waals surface area (Å²) in [7, 11) is 1.39. The molecule has 0 saturated heterocycles. The molecular weight excluding hydrogens is 265 g/mol. The van der Waals surface area contributed by atoms with Crippen molar-refractivity contribution in [2.45, 2.75) is 12.3 Å². The number of carbonyl (C=O) groups excluding carboxylic acids is 1. The minimum Gasteiger partial charge on any atom is -0.495 e. The largest absolute Gasteiger partial charge is 0.495 e. The van der Waals surface area contributed by atoms with Crippen LogP contribution in [0.4, 0.5) is 18.9 Å². The summed E-state index contributed by atoms with van der Waals surface area (Å²) in [5.74, 6) is -0.412. The minimum atomic E-state index is -4.77. The maximum absolute atomic E-state index is 12.0. The standard InChI is InChI=1S/C11H13F3N2O3/c1-19-8-3-2-6(4-7(8)15)10(18)16-5-9(17)11(12,13)14/h2-4,9,17H,5,15H2,1H3,(H,16,18). The molecule has 4 N–H and O–H groups in total. The van der Waals surface area contributed by atoms with Crippen LogP contribution in [0.1, 0.15) is 10.4 Å². The fourth-order valence-electron chi connectivity index (χ4n) is 1.28. The van der Waals surface area contributed by atoms with Crippen molar-refractivity contribution < 1.29 is 27.8 Å². The Morgan fingerprint density at radius 2 is 2.16 bits per heavy atom. The summed E-state index contributed by atoms with van der Waals surface area (Å²) < 4.78 is 41.0. The molecular formula is C11H13F3N2O3. The zero-order valence-electron chi connectivity index (χ0n) is 9.99. The minimum absolute atomic E-state index is 0.0766. The van der Waals surface area contributed by atoms with Crippen molar-refractivity contribution in [2.24, 2.45) is 0 Å². The number of aliphatic hydroxyl groups excluding tert-OH is 1. The molecule has 1 amide bonds. The summed E-state index contributed by atoms with van der Waals surface area (Å²) >= 11 is 0. The number of ether oxygens (including phenoxy) is 1. The Balaban J connectivity index is 2.67. The van der Waals surface area contributed by atoms with Gasteiger partial charge in [0.25, 0.3) is 5.91 Å². The van der Waals surface area contributed by atoms with Crippen molar-refractivity contribution in [1.82, 2.24) is 5.32 Å². The highest BCUT2D eigenvalue weighted by Gasteiger charge is 2.38. The Morgan fingerprint density at radius 3 is 2.63 bits per heavy atom. The molecule has 106 valence electrons. The van der Waals surface area contributed by atoms with Gasteiger partial charge in [0.15, 0.2) is 6.10 Å². The van der Waals surface area contributed by atoms with Crippen molar-refractivity contribution in [2.75, 3.05) is 19.4 Å². The van der Waals surface area contributed by atoms with E-state index in [-0.39, 0.29) is 11.3 Å². The van der Waals surface area contributed by atoms with Gasteiger partial charge in [-0.2, -0.15) is 13.2 Å². The van der Waals surface area contributed by atoms with E-state index in [1.165, 1.54) is 25.3 Å². The highest BCUT2D eigenvalue weighted by Crippen LogP contribution is 2.22. The molecule has 0 fully saturated rings. The smallest absolute Gasteiger partial charge is 0.416 e. The zero-order chi connectivity index (χ0) is 14.6. The lowest BCUT2D eigenvalue weighted by atomic mass is 10.1. The van der Waals surface area contributed by atoms with Crippen LogP contribution in [0.3, 0.4) is 0 Å². The van der Waals surface area contributed by atoms with Gasteiger partial charge in [-0.05, 0) is 18.2 Å². The number of benzene rings is 1. The second-order valence-corrected chi connectivity index (χ2v) is 3.72. The second kappa shape index (κ2) is 5.79. The van der Waals surface area contributed by atoms with Crippen LogP contribution in [0.2, 0.25) is 0 Å². The second-order valence-electron chi connectivity index (χ2n) is 3.72. The van der Waals surface area contributed by atoms with Crippen LogP contribution < -0.4 is 15.8 Å². The lowest BCUT2D eigenvalue weighted by Crippen LogP contribution is -2.40. The SMILES string of the molecule is COc1ccc(C(=O)NCC(O)C(F)(F)F)cc1N. The van der Waals surface area contributed by atoms with Gasteiger partial charge in [-0.3, -0.25) is 4.79 Å². The van der Waals surface area contributed by atoms with Gasteiger partial charge < -0.3 is 20.9 Å². The molecule has 19 heavy (non-hydrogen) atoms. The van der Waals surface area contributed by atoms with Crippen molar-refractivity contribution in [1.29, 1.82) is 0 Å². The van der Waals surface area contributed by atoms with Gasteiger partial charge in [-0.15, -0.1) is 0 Å². The molecule has 1 aromatic carbocycles. The lowest BCUT2D eigenvalue weighted by Gasteiger charge is -2.15. The number of alkyl halides is 3. The monoisotopic (exact) mass is 278 g/mol. The highest BCUT2D eigenvalue weighted by molar-refractivity contribution is 5.95. The quantitative estimate of drug-likeness (QED) is 0.715. The summed E-state index contributed by atoms with van der Waals surface area (Å²) in [5, 5.41) is 10.7. The molecule has 0 heterocycles. The molecule has 0 aliphatic heterocycles. The molecule has 0 aliphatic carbocycles. The number of methoxy groups -OCH3 is 1. The van der Waals surface area contributed by atoms with Crippen LogP contribution >= 0.6 is 0 Å². The number of aliphatic hydroxyl groups is 1. The van der Waals surface area contributed by atoms with Crippen LogP contribution in [0, 0.1) is 0 Å². The molecule has 0 spiro atoms. The van der Waals surface area contributed by atoms with Gasteiger partial charge in [0.2, 0.25) is 0 Å². The Kier molecular flexibility index (Phi) is 4.60. The lowest BCUT2D eigenvalue weighted by molar-refractivity contribution is -0.201. The maximum Gasteiger partial charge on any atom is 0.416 e. The average molecular weight is 278 g/mol. The fraction of sp³-hybridized carbons (Fsp3) is 0.364. The third-order valence-electron chi connectivity index (χ3n) is 2.33. The van der Waals surface area contributed by atoms with E-state index in [0.717, 1.165) is 0 Å². The van der Waals surface area contributed by atoms with E-state index in [1.807, 2.05) is 5.32 Å². The van der Waals surface area contributed by atoms with Crippen LogP contribution in [0.25, 0.3) is 0 Å². The summed E-state index contributed by atoms with van der Waals surface area (Å²) in [6.45, 7) is -0.922. The van der Waals surface area contributed by atoms with Gasteiger partial charge in [0.05, 0.1) is 19.3 Å². The van der Waals surface area contributed by atoms with Crippen LogP contribution in [-0.4, -0.2) is 36.9 Å². The van der Waals surface area contributed by atoms with Gasteiger partial charge in [-0.1, -0.05) is 0 Å². The summed E-state index contributed by atoms with van der Waals surface area (Å²) in [6, 6.07) is 4.04. The molecule has 0 saturated carbocycles. The van der Waals surface area contributed by atoms with E-state index in [4.69, 9.17) is 15.6 Å². The van der Waals surface area contributed by atoms with Gasteiger partial charge in [0, 0.05) is 5.56 Å². The predicted molar refractivity (Wildman–Crippen MR) is 61.8 cm³/mol. The Hall–Kier alpha value is -1.96. The Bertz CT molecular complexity index is 463. The number of nitrogens with two attached hydrogens (primary N) is 1. The predicted octanol–water partition coefficient (Wildman–Crippen LogP) is 0.930. The number of nitrogen functional groups attached to an aromatic ring is 1. The number of anilines is 1. The number of nitrogens with one attached hydrogen (secondary N) is 1. The van der Waals surface area contributed by atoms with E-state index in [1.54, 1.807) is 0 Å². The van der Waals surface area contributed by atoms with E-state index in [0.29, 0.717) is 5.75 Å². The molecule has 5 nitrogen and oxygen atoms in total. The normalized spacial score (nSPS) is 12.9. The number of amides is 1. The van der Waals surface area contributed by atoms with Crippen LogP contribution in [0.15, 0.2) is 18.2 Å². The van der Waals surface area contributed by atoms with E-state index in [9.17, 15) is 18.0 Å². The van der Waals surface area contributed by atoms with Gasteiger partial charge >= 0.3 is 6.18 Å². The molecule has 8 heteroatoms. The first-order chi connectivity index (χ1) is 8.75. The van der Waals surface area contributed by atoms with E-state index in [2.05, 4.69) is 0 Å². The number of carbonyl (C=O) groups is 1. The topological polar surface area (TPSA) is 84.6 Å². The third kappa shape index (κ3) is 4.02. The summed E-state index contributed by atoms with van der Waals surface area (Å²) in [5.41, 5.74) is 5.82. The molecule has 0 bridgehead atoms. The fourth-order valence-corrected chi connectivity index (χ4v) is 1.28. The van der Waals surface area contributed by atoms with E-state index < -0.39 is 24.7 Å². The molecule has 1 atom stereocenters. The zero-order valence-corrected chi connectivity index (χ0v) is 9.99. The number of hydrogen-bond acceptors (Lipinski definition) is 4. The Morgan fingerprint density at radius 1 is 1.53 bits per heavy atom. The molecule has 0 aromatic heterocycles. The first-order valence-electron chi connectivity index (χ1n) is 5.22. The van der Waals surface area contributed by atoms with Gasteiger partial charge in [-0.25, -0.2) is 0 Å². The first-order valence-corrected chi connectivity index (χ1v) is 5.22. The summed E-state index contributed by atoms with van der Waals surface area (Å²) in [6.07, 6.45) is -7.38. The molecule has 1 aromatic rings. The number of halogens is 3. The van der Waals surface area contributed by atoms with Crippen molar-refractivity contribution >= 4 is 11.6 Å².